The minimum atomic E-state index is -0.132. The van der Waals surface area contributed by atoms with Crippen LogP contribution in [0.2, 0.25) is 0 Å². The Morgan fingerprint density at radius 2 is 1.81 bits per heavy atom. The summed E-state index contributed by atoms with van der Waals surface area (Å²) >= 11 is 0. The van der Waals surface area contributed by atoms with Crippen molar-refractivity contribution >= 4 is 11.2 Å². The Labute approximate surface area is 184 Å². The van der Waals surface area contributed by atoms with E-state index in [2.05, 4.69) is 28.9 Å². The summed E-state index contributed by atoms with van der Waals surface area (Å²) < 4.78 is 5.06. The van der Waals surface area contributed by atoms with Gasteiger partial charge in [0.05, 0.1) is 18.4 Å². The first-order valence-electron chi connectivity index (χ1n) is 10.5. The fourth-order valence-corrected chi connectivity index (χ4v) is 3.86. The summed E-state index contributed by atoms with van der Waals surface area (Å²) in [6.45, 7) is 4.64. The van der Waals surface area contributed by atoms with E-state index in [1.165, 1.54) is 0 Å². The molecule has 5 rings (SSSR count). The highest BCUT2D eigenvalue weighted by molar-refractivity contribution is 5.73. The highest BCUT2D eigenvalue weighted by Crippen LogP contribution is 2.25. The number of rotatable bonds is 5. The third-order valence-electron chi connectivity index (χ3n) is 5.60. The van der Waals surface area contributed by atoms with Crippen molar-refractivity contribution in [3.63, 3.8) is 0 Å². The van der Waals surface area contributed by atoms with Crippen LogP contribution in [0.5, 0.6) is 0 Å². The third-order valence-corrected chi connectivity index (χ3v) is 5.60. The summed E-state index contributed by atoms with van der Waals surface area (Å²) in [6.07, 6.45) is 7.09. The van der Waals surface area contributed by atoms with Crippen LogP contribution < -0.4 is 5.69 Å². The molecule has 160 valence electrons. The lowest BCUT2D eigenvalue weighted by molar-refractivity contribution is 0.731. The maximum Gasteiger partial charge on any atom is 0.330 e. The highest BCUT2D eigenvalue weighted by Gasteiger charge is 2.17. The van der Waals surface area contributed by atoms with E-state index in [-0.39, 0.29) is 11.6 Å². The van der Waals surface area contributed by atoms with Crippen LogP contribution in [-0.4, -0.2) is 33.9 Å². The molecule has 32 heavy (non-hydrogen) atoms. The van der Waals surface area contributed by atoms with Crippen molar-refractivity contribution in [1.29, 1.82) is 0 Å². The summed E-state index contributed by atoms with van der Waals surface area (Å²) in [7, 11) is 1.74. The Bertz CT molecular complexity index is 1440. The quantitative estimate of drug-likeness (QED) is 0.430. The molecule has 1 aromatic carbocycles. The summed E-state index contributed by atoms with van der Waals surface area (Å²) in [5, 5.41) is 4.25. The van der Waals surface area contributed by atoms with Gasteiger partial charge in [0, 0.05) is 25.6 Å². The monoisotopic (exact) mass is 425 g/mol. The SMILES string of the molecule is CC(C)c1cccnc1-c1ncc2c(n1)n(Cc1ccc(-n3cccn3)cc1)c(=O)n2C. The van der Waals surface area contributed by atoms with E-state index in [1.807, 2.05) is 48.7 Å². The van der Waals surface area contributed by atoms with Crippen LogP contribution in [0.4, 0.5) is 0 Å². The molecule has 4 heterocycles. The molecule has 0 unspecified atom stereocenters. The maximum absolute atomic E-state index is 13.0. The number of aryl methyl sites for hydroxylation is 1. The van der Waals surface area contributed by atoms with Gasteiger partial charge in [-0.05, 0) is 41.3 Å². The Hall–Kier alpha value is -4.07. The van der Waals surface area contributed by atoms with Gasteiger partial charge >= 0.3 is 5.69 Å². The Morgan fingerprint density at radius 1 is 1.00 bits per heavy atom. The average molecular weight is 425 g/mol. The Morgan fingerprint density at radius 3 is 2.53 bits per heavy atom. The van der Waals surface area contributed by atoms with Gasteiger partial charge in [0.25, 0.3) is 0 Å². The van der Waals surface area contributed by atoms with Gasteiger partial charge in [0.15, 0.2) is 11.5 Å². The van der Waals surface area contributed by atoms with E-state index >= 15 is 0 Å². The largest absolute Gasteiger partial charge is 0.330 e. The lowest BCUT2D eigenvalue weighted by atomic mass is 10.0. The van der Waals surface area contributed by atoms with Gasteiger partial charge in [-0.25, -0.2) is 19.4 Å². The zero-order valence-corrected chi connectivity index (χ0v) is 18.2. The predicted octanol–water partition coefficient (Wildman–Crippen LogP) is 3.55. The summed E-state index contributed by atoms with van der Waals surface area (Å²) in [6, 6.07) is 13.8. The zero-order valence-electron chi connectivity index (χ0n) is 18.2. The molecule has 0 atom stereocenters. The van der Waals surface area contributed by atoms with Gasteiger partial charge in [-0.3, -0.25) is 14.1 Å². The molecule has 0 bridgehead atoms. The first-order valence-corrected chi connectivity index (χ1v) is 10.5. The lowest BCUT2D eigenvalue weighted by Crippen LogP contribution is -2.22. The van der Waals surface area contributed by atoms with Crippen LogP contribution in [0.3, 0.4) is 0 Å². The molecule has 8 heteroatoms. The molecule has 5 aromatic rings. The van der Waals surface area contributed by atoms with Crippen molar-refractivity contribution in [2.75, 3.05) is 0 Å². The summed E-state index contributed by atoms with van der Waals surface area (Å²) in [5.41, 5.74) is 4.93. The van der Waals surface area contributed by atoms with Crippen LogP contribution in [-0.2, 0) is 13.6 Å². The van der Waals surface area contributed by atoms with Crippen molar-refractivity contribution in [2.45, 2.75) is 26.3 Å². The number of fused-ring (bicyclic) bond motifs is 1. The molecule has 0 saturated carbocycles. The predicted molar refractivity (Wildman–Crippen MR) is 123 cm³/mol. The molecule has 0 spiro atoms. The number of nitrogens with zero attached hydrogens (tertiary/aromatic N) is 7. The Balaban J connectivity index is 1.57. The van der Waals surface area contributed by atoms with Crippen molar-refractivity contribution in [3.05, 3.63) is 88.9 Å². The first kappa shape index (κ1) is 19.9. The van der Waals surface area contributed by atoms with Crippen LogP contribution in [0.1, 0.15) is 30.9 Å². The minimum absolute atomic E-state index is 0.132. The van der Waals surface area contributed by atoms with Crippen LogP contribution >= 0.6 is 0 Å². The van der Waals surface area contributed by atoms with E-state index in [4.69, 9.17) is 4.98 Å². The summed E-state index contributed by atoms with van der Waals surface area (Å²) in [5.74, 6) is 0.805. The second-order valence-corrected chi connectivity index (χ2v) is 8.04. The average Bonchev–Trinajstić information content (AvgIpc) is 3.43. The van der Waals surface area contributed by atoms with Gasteiger partial charge in [0.2, 0.25) is 0 Å². The zero-order chi connectivity index (χ0) is 22.2. The molecule has 4 aromatic heterocycles. The van der Waals surface area contributed by atoms with Gasteiger partial charge in [-0.1, -0.05) is 32.0 Å². The standard InChI is InChI=1S/C24H23N7O/c1-16(2)19-6-4-11-25-21(19)22-26-14-20-23(28-22)30(24(32)29(20)3)15-17-7-9-18(10-8-17)31-13-5-12-27-31/h4-14,16H,15H2,1-3H3. The van der Waals surface area contributed by atoms with E-state index < -0.39 is 0 Å². The van der Waals surface area contributed by atoms with E-state index in [0.29, 0.717) is 23.5 Å². The summed E-state index contributed by atoms with van der Waals surface area (Å²) in [4.78, 5) is 26.8. The fourth-order valence-electron chi connectivity index (χ4n) is 3.86. The smallest absolute Gasteiger partial charge is 0.292 e. The van der Waals surface area contributed by atoms with Gasteiger partial charge < -0.3 is 0 Å². The maximum atomic E-state index is 13.0. The van der Waals surface area contributed by atoms with Crippen molar-refractivity contribution < 1.29 is 0 Å². The number of pyridine rings is 1. The second-order valence-electron chi connectivity index (χ2n) is 8.04. The third kappa shape index (κ3) is 3.39. The van der Waals surface area contributed by atoms with Gasteiger partial charge in [0.1, 0.15) is 11.2 Å². The molecule has 0 fully saturated rings. The molecular weight excluding hydrogens is 402 g/mol. The van der Waals surface area contributed by atoms with E-state index in [0.717, 1.165) is 22.5 Å². The first-order chi connectivity index (χ1) is 15.5. The topological polar surface area (TPSA) is 83.4 Å². The molecule has 8 nitrogen and oxygen atoms in total. The minimum Gasteiger partial charge on any atom is -0.292 e. The number of hydrogen-bond donors (Lipinski definition) is 0. The molecular formula is C24H23N7O. The molecule has 0 aliphatic rings. The number of aromatic nitrogens is 7. The number of hydrogen-bond acceptors (Lipinski definition) is 5. The lowest BCUT2D eigenvalue weighted by Gasteiger charge is -2.10. The van der Waals surface area contributed by atoms with Gasteiger partial charge in [-0.2, -0.15) is 5.10 Å². The molecule has 0 amide bonds. The van der Waals surface area contributed by atoms with Crippen molar-refractivity contribution in [1.82, 2.24) is 33.9 Å². The normalized spacial score (nSPS) is 11.5. The number of imidazole rings is 1. The van der Waals surface area contributed by atoms with E-state index in [1.54, 1.807) is 39.5 Å². The van der Waals surface area contributed by atoms with Crippen molar-refractivity contribution in [2.24, 2.45) is 7.05 Å². The number of benzene rings is 1. The molecule has 0 saturated heterocycles. The van der Waals surface area contributed by atoms with Crippen molar-refractivity contribution in [3.8, 4) is 17.2 Å². The van der Waals surface area contributed by atoms with Crippen LogP contribution in [0.25, 0.3) is 28.4 Å². The van der Waals surface area contributed by atoms with Crippen LogP contribution in [0.15, 0.2) is 72.0 Å². The molecule has 0 aliphatic carbocycles. The molecule has 0 radical (unpaired) electrons. The van der Waals surface area contributed by atoms with Gasteiger partial charge in [-0.15, -0.1) is 0 Å². The molecule has 0 aliphatic heterocycles. The highest BCUT2D eigenvalue weighted by atomic mass is 16.1. The fraction of sp³-hybridized carbons (Fsp3) is 0.208. The second kappa shape index (κ2) is 7.88. The van der Waals surface area contributed by atoms with Crippen LogP contribution in [0, 0.1) is 0 Å². The Kier molecular flexibility index (Phi) is 4.89. The molecule has 0 N–H and O–H groups in total. The van der Waals surface area contributed by atoms with E-state index in [9.17, 15) is 4.79 Å².